The van der Waals surface area contributed by atoms with Crippen LogP contribution in [0.4, 0.5) is 0 Å². The molecule has 20 heavy (non-hydrogen) atoms. The molecule has 0 radical (unpaired) electrons. The normalized spacial score (nSPS) is 14.2. The summed E-state index contributed by atoms with van der Waals surface area (Å²) >= 11 is 0. The average Bonchev–Trinajstić information content (AvgIpc) is 2.35. The van der Waals surface area contributed by atoms with Gasteiger partial charge in [-0.3, -0.25) is 0 Å². The highest BCUT2D eigenvalue weighted by molar-refractivity contribution is 5.25. The first-order valence-corrected chi connectivity index (χ1v) is 7.83. The maximum absolute atomic E-state index is 3.69. The van der Waals surface area contributed by atoms with Gasteiger partial charge in [-0.1, -0.05) is 62.2 Å². The van der Waals surface area contributed by atoms with Gasteiger partial charge in [0, 0.05) is 6.04 Å². The molecule has 112 valence electrons. The van der Waals surface area contributed by atoms with E-state index < -0.39 is 0 Å². The lowest BCUT2D eigenvalue weighted by atomic mass is 9.92. The Balaban J connectivity index is 2.70. The molecule has 1 aromatic rings. The van der Waals surface area contributed by atoms with Crippen LogP contribution in [0.2, 0.25) is 0 Å². The zero-order chi connectivity index (χ0) is 15.1. The molecule has 1 aromatic carbocycles. The van der Waals surface area contributed by atoms with E-state index in [2.05, 4.69) is 77.2 Å². The second-order valence-corrected chi connectivity index (χ2v) is 6.70. The van der Waals surface area contributed by atoms with Crippen molar-refractivity contribution in [1.82, 2.24) is 5.32 Å². The van der Waals surface area contributed by atoms with Crippen molar-refractivity contribution in [3.8, 4) is 0 Å². The van der Waals surface area contributed by atoms with E-state index in [1.165, 1.54) is 16.7 Å². The number of hydrogen-bond acceptors (Lipinski definition) is 1. The Bertz CT molecular complexity index is 427. The van der Waals surface area contributed by atoms with Crippen molar-refractivity contribution < 1.29 is 0 Å². The van der Waals surface area contributed by atoms with Crippen molar-refractivity contribution in [3.63, 3.8) is 0 Å². The van der Waals surface area contributed by atoms with Crippen molar-refractivity contribution in [2.45, 2.75) is 59.9 Å². The Kier molecular flexibility index (Phi) is 7.01. The Morgan fingerprint density at radius 1 is 1.20 bits per heavy atom. The SMILES string of the molecule is CC(C)=CC(CC(C)c1cccc(C)c1)NCC(C)C. The Morgan fingerprint density at radius 3 is 2.45 bits per heavy atom. The predicted octanol–water partition coefficient (Wildman–Crippen LogP) is 5.07. The molecular weight excluding hydrogens is 242 g/mol. The zero-order valence-corrected chi connectivity index (χ0v) is 14.0. The fourth-order valence-corrected chi connectivity index (χ4v) is 2.49. The molecule has 1 heteroatoms. The maximum atomic E-state index is 3.69. The smallest absolute Gasteiger partial charge is 0.0258 e. The first-order valence-electron chi connectivity index (χ1n) is 7.83. The summed E-state index contributed by atoms with van der Waals surface area (Å²) in [5.74, 6) is 1.27. The topological polar surface area (TPSA) is 12.0 Å². The van der Waals surface area contributed by atoms with Crippen LogP contribution in [-0.4, -0.2) is 12.6 Å². The molecule has 0 aliphatic carbocycles. The van der Waals surface area contributed by atoms with Crippen LogP contribution in [0.5, 0.6) is 0 Å². The van der Waals surface area contributed by atoms with Gasteiger partial charge in [0.15, 0.2) is 0 Å². The minimum Gasteiger partial charge on any atom is -0.310 e. The molecule has 0 aliphatic heterocycles. The van der Waals surface area contributed by atoms with Crippen LogP contribution in [-0.2, 0) is 0 Å². The van der Waals surface area contributed by atoms with Gasteiger partial charge in [0.05, 0.1) is 0 Å². The molecule has 1 nitrogen and oxygen atoms in total. The molecular formula is C19H31N. The number of hydrogen-bond donors (Lipinski definition) is 1. The van der Waals surface area contributed by atoms with Gasteiger partial charge in [0.1, 0.15) is 0 Å². The summed E-state index contributed by atoms with van der Waals surface area (Å²) in [5.41, 5.74) is 4.19. The van der Waals surface area contributed by atoms with Gasteiger partial charge >= 0.3 is 0 Å². The summed E-state index contributed by atoms with van der Waals surface area (Å²) in [6.07, 6.45) is 3.52. The molecule has 1 rings (SSSR count). The third-order valence-electron chi connectivity index (χ3n) is 3.54. The van der Waals surface area contributed by atoms with Crippen LogP contribution >= 0.6 is 0 Å². The van der Waals surface area contributed by atoms with Crippen LogP contribution < -0.4 is 5.32 Å². The number of benzene rings is 1. The largest absolute Gasteiger partial charge is 0.310 e. The van der Waals surface area contributed by atoms with Crippen LogP contribution in [0.15, 0.2) is 35.9 Å². The van der Waals surface area contributed by atoms with E-state index in [-0.39, 0.29) is 0 Å². The maximum Gasteiger partial charge on any atom is 0.0258 e. The minimum absolute atomic E-state index is 0.470. The van der Waals surface area contributed by atoms with Gasteiger partial charge < -0.3 is 5.32 Å². The van der Waals surface area contributed by atoms with Crippen molar-refractivity contribution >= 4 is 0 Å². The van der Waals surface area contributed by atoms with Crippen molar-refractivity contribution in [2.24, 2.45) is 5.92 Å². The third-order valence-corrected chi connectivity index (χ3v) is 3.54. The van der Waals surface area contributed by atoms with Crippen LogP contribution in [0.3, 0.4) is 0 Å². The van der Waals surface area contributed by atoms with E-state index in [0.29, 0.717) is 17.9 Å². The van der Waals surface area contributed by atoms with Crippen LogP contribution in [0.1, 0.15) is 58.1 Å². The van der Waals surface area contributed by atoms with Crippen LogP contribution in [0.25, 0.3) is 0 Å². The molecule has 0 aromatic heterocycles. The first-order chi connectivity index (χ1) is 9.38. The van der Waals surface area contributed by atoms with Gasteiger partial charge in [0.2, 0.25) is 0 Å². The Labute approximate surface area is 125 Å². The highest BCUT2D eigenvalue weighted by atomic mass is 14.9. The molecule has 0 fully saturated rings. The molecule has 0 spiro atoms. The highest BCUT2D eigenvalue weighted by Crippen LogP contribution is 2.22. The fourth-order valence-electron chi connectivity index (χ4n) is 2.49. The summed E-state index contributed by atoms with van der Waals surface area (Å²) in [5, 5.41) is 3.69. The Morgan fingerprint density at radius 2 is 1.90 bits per heavy atom. The molecule has 2 atom stereocenters. The van der Waals surface area contributed by atoms with E-state index in [1.807, 2.05) is 0 Å². The number of aryl methyl sites for hydroxylation is 1. The molecule has 1 N–H and O–H groups in total. The quantitative estimate of drug-likeness (QED) is 0.684. The van der Waals surface area contributed by atoms with E-state index in [1.54, 1.807) is 0 Å². The zero-order valence-electron chi connectivity index (χ0n) is 14.0. The van der Waals surface area contributed by atoms with Gasteiger partial charge in [-0.15, -0.1) is 0 Å². The molecule has 0 saturated heterocycles. The highest BCUT2D eigenvalue weighted by Gasteiger charge is 2.13. The lowest BCUT2D eigenvalue weighted by molar-refractivity contribution is 0.468. The van der Waals surface area contributed by atoms with Crippen LogP contribution in [0, 0.1) is 12.8 Å². The number of rotatable bonds is 7. The van der Waals surface area contributed by atoms with E-state index in [9.17, 15) is 0 Å². The molecule has 0 heterocycles. The summed E-state index contributed by atoms with van der Waals surface area (Å²) < 4.78 is 0. The second kappa shape index (κ2) is 8.26. The summed E-state index contributed by atoms with van der Waals surface area (Å²) in [7, 11) is 0. The van der Waals surface area contributed by atoms with Gasteiger partial charge in [-0.25, -0.2) is 0 Å². The third kappa shape index (κ3) is 6.38. The van der Waals surface area contributed by atoms with E-state index >= 15 is 0 Å². The van der Waals surface area contributed by atoms with Crippen molar-refractivity contribution in [1.29, 1.82) is 0 Å². The molecule has 2 unspecified atom stereocenters. The predicted molar refractivity (Wildman–Crippen MR) is 90.3 cm³/mol. The standard InChI is InChI=1S/C19H31N/c1-14(2)10-19(20-13-15(3)4)12-17(6)18-9-7-8-16(5)11-18/h7-11,15,17,19-20H,12-13H2,1-6H3. The number of allylic oxidation sites excluding steroid dienone is 1. The van der Waals surface area contributed by atoms with Crippen molar-refractivity contribution in [3.05, 3.63) is 47.0 Å². The lowest BCUT2D eigenvalue weighted by Gasteiger charge is -2.22. The lowest BCUT2D eigenvalue weighted by Crippen LogP contribution is -2.32. The monoisotopic (exact) mass is 273 g/mol. The molecule has 0 aliphatic rings. The van der Waals surface area contributed by atoms with Gasteiger partial charge in [-0.05, 0) is 51.1 Å². The van der Waals surface area contributed by atoms with Crippen molar-refractivity contribution in [2.75, 3.05) is 6.54 Å². The molecule has 0 bridgehead atoms. The first kappa shape index (κ1) is 17.0. The van der Waals surface area contributed by atoms with Gasteiger partial charge in [0.25, 0.3) is 0 Å². The van der Waals surface area contributed by atoms with E-state index in [0.717, 1.165) is 13.0 Å². The Hall–Kier alpha value is -1.08. The molecule has 0 saturated carbocycles. The van der Waals surface area contributed by atoms with Gasteiger partial charge in [-0.2, -0.15) is 0 Å². The second-order valence-electron chi connectivity index (χ2n) is 6.70. The average molecular weight is 273 g/mol. The minimum atomic E-state index is 0.470. The number of nitrogens with one attached hydrogen (secondary N) is 1. The van der Waals surface area contributed by atoms with E-state index in [4.69, 9.17) is 0 Å². The summed E-state index contributed by atoms with van der Waals surface area (Å²) in [6, 6.07) is 9.36. The summed E-state index contributed by atoms with van der Waals surface area (Å²) in [4.78, 5) is 0. The molecule has 0 amide bonds. The summed E-state index contributed by atoms with van der Waals surface area (Å²) in [6.45, 7) is 14.5. The fraction of sp³-hybridized carbons (Fsp3) is 0.579.